The molecule has 0 amide bonds. The van der Waals surface area contributed by atoms with Crippen molar-refractivity contribution >= 4 is 15.8 Å². The molecule has 0 aliphatic carbocycles. The van der Waals surface area contributed by atoms with Crippen LogP contribution >= 0.6 is 0 Å². The summed E-state index contributed by atoms with van der Waals surface area (Å²) < 4.78 is 29.3. The number of sulfonamides is 1. The van der Waals surface area contributed by atoms with Gasteiger partial charge in [-0.05, 0) is 25.7 Å². The molecule has 0 aliphatic heterocycles. The number of nitrogens with zero attached hydrogens (tertiary/aromatic N) is 3. The standard InChI is InChI=1S/C14H28N4O2S/c1-7-12(8-2)18(9-10(3)4)21(19,20)13-11(5)17(6)16-14(13)15/h10,12H,7-9H2,1-6H3,(H2,15,16). The van der Waals surface area contributed by atoms with Crippen LogP contribution in [0.5, 0.6) is 0 Å². The largest absolute Gasteiger partial charge is 0.381 e. The van der Waals surface area contributed by atoms with E-state index in [0.29, 0.717) is 12.2 Å². The van der Waals surface area contributed by atoms with Crippen molar-refractivity contribution in [1.29, 1.82) is 0 Å². The Kier molecular flexibility index (Phi) is 5.81. The van der Waals surface area contributed by atoms with Gasteiger partial charge in [-0.15, -0.1) is 0 Å². The number of hydrogen-bond donors (Lipinski definition) is 1. The summed E-state index contributed by atoms with van der Waals surface area (Å²) in [5, 5.41) is 4.04. The Hall–Kier alpha value is -1.08. The Morgan fingerprint density at radius 3 is 2.14 bits per heavy atom. The second kappa shape index (κ2) is 6.79. The summed E-state index contributed by atoms with van der Waals surface area (Å²) in [5.74, 6) is 0.327. The van der Waals surface area contributed by atoms with Crippen LogP contribution in [0.25, 0.3) is 0 Å². The molecule has 21 heavy (non-hydrogen) atoms. The van der Waals surface area contributed by atoms with Crippen molar-refractivity contribution < 1.29 is 8.42 Å². The van der Waals surface area contributed by atoms with Crippen LogP contribution in [0.2, 0.25) is 0 Å². The van der Waals surface area contributed by atoms with Gasteiger partial charge in [-0.2, -0.15) is 9.40 Å². The van der Waals surface area contributed by atoms with Gasteiger partial charge in [0.1, 0.15) is 4.90 Å². The summed E-state index contributed by atoms with van der Waals surface area (Å²) in [7, 11) is -1.93. The molecule has 0 bridgehead atoms. The molecular weight excluding hydrogens is 288 g/mol. The normalized spacial score (nSPS) is 12.8. The molecule has 0 atom stereocenters. The lowest BCUT2D eigenvalue weighted by Crippen LogP contribution is -2.42. The minimum absolute atomic E-state index is 0.0172. The maximum atomic E-state index is 13.1. The van der Waals surface area contributed by atoms with Crippen molar-refractivity contribution in [3.05, 3.63) is 5.69 Å². The van der Waals surface area contributed by atoms with E-state index in [1.165, 1.54) is 4.68 Å². The van der Waals surface area contributed by atoms with Gasteiger partial charge in [-0.25, -0.2) is 8.42 Å². The van der Waals surface area contributed by atoms with Crippen molar-refractivity contribution in [2.75, 3.05) is 12.3 Å². The summed E-state index contributed by atoms with van der Waals surface area (Å²) in [4.78, 5) is 0.151. The van der Waals surface area contributed by atoms with Gasteiger partial charge < -0.3 is 5.73 Å². The minimum atomic E-state index is -3.64. The van der Waals surface area contributed by atoms with Crippen LogP contribution in [0.15, 0.2) is 4.90 Å². The first-order valence-corrected chi connectivity index (χ1v) is 8.91. The van der Waals surface area contributed by atoms with E-state index >= 15 is 0 Å². The maximum Gasteiger partial charge on any atom is 0.248 e. The fourth-order valence-electron chi connectivity index (χ4n) is 2.55. The molecule has 0 aliphatic rings. The lowest BCUT2D eigenvalue weighted by molar-refractivity contribution is 0.277. The molecule has 1 aromatic heterocycles. The summed E-state index contributed by atoms with van der Waals surface area (Å²) in [6.45, 7) is 10.3. The van der Waals surface area contributed by atoms with E-state index in [4.69, 9.17) is 5.73 Å². The van der Waals surface area contributed by atoms with Crippen molar-refractivity contribution in [2.24, 2.45) is 13.0 Å². The van der Waals surface area contributed by atoms with Crippen molar-refractivity contribution in [1.82, 2.24) is 14.1 Å². The molecule has 1 aromatic rings. The Labute approximate surface area is 128 Å². The molecule has 0 radical (unpaired) electrons. The number of nitrogens with two attached hydrogens (primary N) is 1. The predicted octanol–water partition coefficient (Wildman–Crippen LogP) is 2.15. The topological polar surface area (TPSA) is 81.2 Å². The zero-order valence-corrected chi connectivity index (χ0v) is 14.7. The SMILES string of the molecule is CCC(CC)N(CC(C)C)S(=O)(=O)c1c(N)nn(C)c1C. The number of anilines is 1. The molecular formula is C14H28N4O2S. The Bertz CT molecular complexity index is 574. The summed E-state index contributed by atoms with van der Waals surface area (Å²) in [6.07, 6.45) is 1.56. The zero-order valence-electron chi connectivity index (χ0n) is 13.9. The van der Waals surface area contributed by atoms with Crippen LogP contribution in [-0.2, 0) is 17.1 Å². The third-order valence-corrected chi connectivity index (χ3v) is 5.85. The molecule has 0 saturated heterocycles. The highest BCUT2D eigenvalue weighted by atomic mass is 32.2. The molecule has 6 nitrogen and oxygen atoms in total. The third kappa shape index (κ3) is 3.58. The smallest absolute Gasteiger partial charge is 0.248 e. The Morgan fingerprint density at radius 2 is 1.81 bits per heavy atom. The predicted molar refractivity (Wildman–Crippen MR) is 85.5 cm³/mol. The second-order valence-corrected chi connectivity index (χ2v) is 7.69. The number of aromatic nitrogens is 2. The van der Waals surface area contributed by atoms with E-state index < -0.39 is 10.0 Å². The van der Waals surface area contributed by atoms with Gasteiger partial charge in [0.15, 0.2) is 5.82 Å². The average molecular weight is 316 g/mol. The van der Waals surface area contributed by atoms with Gasteiger partial charge in [0, 0.05) is 19.6 Å². The van der Waals surface area contributed by atoms with Gasteiger partial charge in [-0.3, -0.25) is 4.68 Å². The maximum absolute atomic E-state index is 13.1. The van der Waals surface area contributed by atoms with Crippen molar-refractivity contribution in [3.63, 3.8) is 0 Å². The van der Waals surface area contributed by atoms with Crippen LogP contribution in [0, 0.1) is 12.8 Å². The molecule has 1 heterocycles. The van der Waals surface area contributed by atoms with Crippen LogP contribution in [0.1, 0.15) is 46.2 Å². The second-order valence-electron chi connectivity index (χ2n) is 5.86. The summed E-state index contributed by atoms with van der Waals surface area (Å²) in [6, 6.07) is -0.0172. The molecule has 7 heteroatoms. The quantitative estimate of drug-likeness (QED) is 0.835. The molecule has 1 rings (SSSR count). The first-order valence-electron chi connectivity index (χ1n) is 7.47. The highest BCUT2D eigenvalue weighted by Gasteiger charge is 2.34. The third-order valence-electron chi connectivity index (χ3n) is 3.77. The van der Waals surface area contributed by atoms with E-state index in [1.807, 2.05) is 27.7 Å². The van der Waals surface area contributed by atoms with E-state index in [9.17, 15) is 8.42 Å². The highest BCUT2D eigenvalue weighted by Crippen LogP contribution is 2.28. The van der Waals surface area contributed by atoms with E-state index in [1.54, 1.807) is 18.3 Å². The van der Waals surface area contributed by atoms with Gasteiger partial charge in [0.25, 0.3) is 0 Å². The van der Waals surface area contributed by atoms with E-state index in [2.05, 4.69) is 5.10 Å². The van der Waals surface area contributed by atoms with Gasteiger partial charge in [-0.1, -0.05) is 27.7 Å². The molecule has 2 N–H and O–H groups in total. The van der Waals surface area contributed by atoms with Crippen molar-refractivity contribution in [2.45, 2.75) is 58.4 Å². The van der Waals surface area contributed by atoms with E-state index in [0.717, 1.165) is 12.8 Å². The van der Waals surface area contributed by atoms with Crippen LogP contribution in [0.4, 0.5) is 5.82 Å². The molecule has 0 saturated carbocycles. The molecule has 0 fully saturated rings. The number of nitrogen functional groups attached to an aromatic ring is 1. The van der Waals surface area contributed by atoms with Crippen LogP contribution < -0.4 is 5.73 Å². The number of rotatable bonds is 7. The van der Waals surface area contributed by atoms with Gasteiger partial charge in [0.2, 0.25) is 10.0 Å². The summed E-state index contributed by atoms with van der Waals surface area (Å²) >= 11 is 0. The molecule has 122 valence electrons. The molecule has 0 unspecified atom stereocenters. The Morgan fingerprint density at radius 1 is 1.29 bits per heavy atom. The number of aryl methyl sites for hydroxylation is 1. The average Bonchev–Trinajstić information content (AvgIpc) is 2.63. The molecule has 0 spiro atoms. The van der Waals surface area contributed by atoms with Crippen LogP contribution in [-0.4, -0.2) is 35.1 Å². The first-order chi connectivity index (χ1) is 9.66. The summed E-state index contributed by atoms with van der Waals surface area (Å²) in [5.41, 5.74) is 6.42. The molecule has 0 aromatic carbocycles. The number of hydrogen-bond acceptors (Lipinski definition) is 4. The first kappa shape index (κ1) is 18.0. The highest BCUT2D eigenvalue weighted by molar-refractivity contribution is 7.89. The fourth-order valence-corrected chi connectivity index (χ4v) is 4.78. The lowest BCUT2D eigenvalue weighted by atomic mass is 10.1. The minimum Gasteiger partial charge on any atom is -0.381 e. The van der Waals surface area contributed by atoms with E-state index in [-0.39, 0.29) is 22.7 Å². The van der Waals surface area contributed by atoms with Crippen LogP contribution in [0.3, 0.4) is 0 Å². The fraction of sp³-hybridized carbons (Fsp3) is 0.786. The zero-order chi connectivity index (χ0) is 16.4. The monoisotopic (exact) mass is 316 g/mol. The Balaban J connectivity index is 3.39. The van der Waals surface area contributed by atoms with Gasteiger partial charge >= 0.3 is 0 Å². The lowest BCUT2D eigenvalue weighted by Gasteiger charge is -2.31. The van der Waals surface area contributed by atoms with Gasteiger partial charge in [0.05, 0.1) is 5.69 Å². The van der Waals surface area contributed by atoms with Crippen molar-refractivity contribution in [3.8, 4) is 0 Å².